The topological polar surface area (TPSA) is 198 Å². The molecule has 6 aliphatic heterocycles. The molecule has 6 atom stereocenters. The molecule has 0 aromatic rings. The normalized spacial score (nSPS) is 31.3. The number of hydrogen-bond donors (Lipinski definition) is 8. The second-order valence-corrected chi connectivity index (χ2v) is 17.7. The van der Waals surface area contributed by atoms with Crippen molar-refractivity contribution in [3.05, 3.63) is 0 Å². The van der Waals surface area contributed by atoms with Gasteiger partial charge in [0.15, 0.2) is 0 Å². The first-order chi connectivity index (χ1) is 23.8. The lowest BCUT2D eigenvalue weighted by Gasteiger charge is -2.46. The zero-order valence-electron chi connectivity index (χ0n) is 32.1. The summed E-state index contributed by atoms with van der Waals surface area (Å²) in [6.45, 7) is 18.6. The van der Waals surface area contributed by atoms with E-state index in [1.165, 1.54) is 0 Å². The van der Waals surface area contributed by atoms with Crippen LogP contribution >= 0.6 is 0 Å². The fraction of sp³-hybridized carbons (Fsp3) is 0.914. The van der Waals surface area contributed by atoms with Crippen molar-refractivity contribution in [3.8, 4) is 0 Å². The summed E-state index contributed by atoms with van der Waals surface area (Å²) in [6.07, 6.45) is 8.07. The summed E-state index contributed by atoms with van der Waals surface area (Å²) in [4.78, 5) is 42.4. The minimum Gasteiger partial charge on any atom is -0.449 e. The highest BCUT2D eigenvalue weighted by Gasteiger charge is 2.49. The molecule has 0 saturated carbocycles. The summed E-state index contributed by atoms with van der Waals surface area (Å²) >= 11 is 0. The minimum absolute atomic E-state index is 0. The van der Waals surface area contributed by atoms with Gasteiger partial charge in [-0.1, -0.05) is 55.8 Å². The van der Waals surface area contributed by atoms with E-state index >= 15 is 0 Å². The van der Waals surface area contributed by atoms with Crippen LogP contribution in [0, 0.1) is 16.2 Å². The number of amides is 3. The van der Waals surface area contributed by atoms with E-state index in [4.69, 9.17) is 0 Å². The van der Waals surface area contributed by atoms with Crippen LogP contribution in [0.3, 0.4) is 0 Å². The second-order valence-electron chi connectivity index (χ2n) is 17.7. The third-order valence-electron chi connectivity index (χ3n) is 12.3. The van der Waals surface area contributed by atoms with Gasteiger partial charge in [0.25, 0.3) is 0 Å². The van der Waals surface area contributed by atoms with Crippen molar-refractivity contribution in [3.63, 3.8) is 0 Å². The van der Waals surface area contributed by atoms with E-state index in [1.54, 1.807) is 16.6 Å². The van der Waals surface area contributed by atoms with E-state index in [9.17, 15) is 39.5 Å². The molecule has 0 aliphatic carbocycles. The molecule has 17 heteroatoms. The van der Waals surface area contributed by atoms with Gasteiger partial charge >= 0.3 is 21.2 Å². The Labute approximate surface area is 313 Å². The summed E-state index contributed by atoms with van der Waals surface area (Å²) < 4.78 is 0. The van der Waals surface area contributed by atoms with Crippen molar-refractivity contribution >= 4 is 38.9 Å². The van der Waals surface area contributed by atoms with Gasteiger partial charge in [0.1, 0.15) is 0 Å². The average molecular weight is 734 g/mol. The first kappa shape index (κ1) is 44.7. The van der Waals surface area contributed by atoms with Crippen LogP contribution in [-0.4, -0.2) is 154 Å². The van der Waals surface area contributed by atoms with Gasteiger partial charge in [-0.2, -0.15) is 0 Å². The summed E-state index contributed by atoms with van der Waals surface area (Å²) in [5.74, 6) is -0.638. The van der Waals surface area contributed by atoms with Crippen LogP contribution in [0.5, 0.6) is 0 Å². The van der Waals surface area contributed by atoms with Crippen LogP contribution in [0.2, 0.25) is 6.82 Å². The van der Waals surface area contributed by atoms with Crippen LogP contribution in [0.15, 0.2) is 0 Å². The maximum atomic E-state index is 12.6. The van der Waals surface area contributed by atoms with Gasteiger partial charge in [-0.15, -0.1) is 0 Å². The Morgan fingerprint density at radius 3 is 1.27 bits per heavy atom. The van der Waals surface area contributed by atoms with Gasteiger partial charge in [0, 0.05) is 37.5 Å². The van der Waals surface area contributed by atoms with Crippen molar-refractivity contribution in [1.29, 1.82) is 0 Å². The third kappa shape index (κ3) is 10.1. The van der Waals surface area contributed by atoms with E-state index in [-0.39, 0.29) is 65.5 Å². The maximum absolute atomic E-state index is 12.6. The Bertz CT molecular complexity index is 1210. The van der Waals surface area contributed by atoms with E-state index in [0.717, 1.165) is 71.1 Å². The molecular formula is C35H69B3N6O8. The molecule has 52 heavy (non-hydrogen) atoms. The zero-order valence-corrected chi connectivity index (χ0v) is 32.1. The standard InChI is InChI=1S/C12H23BN2O3.C11H21BN2O3.C11H21BN2O2.CH4/c1-12(2)6-4-7-14-10(12)11(16)15-8-3-5-9(15)13(17)18;1-11(2)5-6-13-9(11)10(15)14-7-3-4-8(14)12(16)17;1-11(2)7-13-9(11)10(15)14-6-4-5-8(14)12(3)16;/h9-10,14,17-18H,3-8H2,1-2H3;8-9,13,16-17H,3-7H2,1-2H3;8-9,13,16H,4-7H2,1-3H3;1H4. The first-order valence-corrected chi connectivity index (χ1v) is 19.3. The Morgan fingerprint density at radius 1 is 0.558 bits per heavy atom. The molecule has 6 rings (SSSR count). The number of nitrogens with zero attached hydrogens (tertiary/aromatic N) is 3. The zero-order chi connectivity index (χ0) is 37.9. The number of carbonyl (C=O) groups excluding carboxylic acids is 3. The molecular weight excluding hydrogens is 665 g/mol. The van der Waals surface area contributed by atoms with Crippen molar-refractivity contribution in [2.75, 3.05) is 39.3 Å². The van der Waals surface area contributed by atoms with Crippen molar-refractivity contribution in [1.82, 2.24) is 30.7 Å². The lowest BCUT2D eigenvalue weighted by Crippen LogP contribution is -2.67. The fourth-order valence-corrected chi connectivity index (χ4v) is 8.86. The molecule has 0 aromatic heterocycles. The summed E-state index contributed by atoms with van der Waals surface area (Å²) in [7, 11) is -2.85. The minimum atomic E-state index is -1.43. The predicted octanol–water partition coefficient (Wildman–Crippen LogP) is -0.0906. The highest BCUT2D eigenvalue weighted by atomic mass is 16.4. The SMILES string of the molecule is C.CB(O)C1CCCN1C(=O)C1NCC1(C)C.CC1(C)CCCNC1C(=O)N1CCCC1B(O)O.CC1(C)CCNC1C(=O)N1CCCC1B(O)O. The van der Waals surface area contributed by atoms with E-state index in [0.29, 0.717) is 25.9 Å². The summed E-state index contributed by atoms with van der Waals surface area (Å²) in [5.41, 5.74) is -0.0591. The van der Waals surface area contributed by atoms with Crippen LogP contribution in [0.25, 0.3) is 0 Å². The molecule has 8 N–H and O–H groups in total. The van der Waals surface area contributed by atoms with Gasteiger partial charge in [0.05, 0.1) is 30.0 Å². The van der Waals surface area contributed by atoms with Gasteiger partial charge in [-0.25, -0.2) is 0 Å². The second kappa shape index (κ2) is 18.3. The van der Waals surface area contributed by atoms with Crippen molar-refractivity contribution in [2.24, 2.45) is 16.2 Å². The molecule has 6 heterocycles. The number of nitrogens with one attached hydrogen (secondary N) is 3. The molecule has 296 valence electrons. The molecule has 0 spiro atoms. The maximum Gasteiger partial charge on any atom is 0.475 e. The Hall–Kier alpha value is -1.72. The fourth-order valence-electron chi connectivity index (χ4n) is 8.86. The van der Waals surface area contributed by atoms with Crippen LogP contribution in [-0.2, 0) is 14.4 Å². The number of piperidine rings is 1. The molecule has 0 aromatic carbocycles. The largest absolute Gasteiger partial charge is 0.475 e. The monoisotopic (exact) mass is 735 g/mol. The molecule has 0 bridgehead atoms. The Morgan fingerprint density at radius 2 is 0.942 bits per heavy atom. The van der Waals surface area contributed by atoms with Crippen LogP contribution < -0.4 is 16.0 Å². The van der Waals surface area contributed by atoms with Crippen LogP contribution in [0.4, 0.5) is 0 Å². The highest BCUT2D eigenvalue weighted by molar-refractivity contribution is 6.51. The van der Waals surface area contributed by atoms with Gasteiger partial charge in [0.2, 0.25) is 17.7 Å². The van der Waals surface area contributed by atoms with E-state index < -0.39 is 33.0 Å². The van der Waals surface area contributed by atoms with Crippen molar-refractivity contribution < 1.29 is 39.5 Å². The Balaban J connectivity index is 0.000000209. The molecule has 6 saturated heterocycles. The first-order valence-electron chi connectivity index (χ1n) is 19.3. The van der Waals surface area contributed by atoms with Gasteiger partial charge in [-0.05, 0) is 81.7 Å². The van der Waals surface area contributed by atoms with Crippen LogP contribution in [0.1, 0.15) is 107 Å². The van der Waals surface area contributed by atoms with E-state index in [1.807, 2.05) is 4.90 Å². The predicted molar refractivity (Wildman–Crippen MR) is 206 cm³/mol. The molecule has 6 fully saturated rings. The lowest BCUT2D eigenvalue weighted by atomic mass is 9.62. The van der Waals surface area contributed by atoms with Gasteiger partial charge in [-0.3, -0.25) is 14.4 Å². The lowest BCUT2D eigenvalue weighted by molar-refractivity contribution is -0.140. The number of rotatable bonds is 6. The average Bonchev–Trinajstić information content (AvgIpc) is 3.86. The van der Waals surface area contributed by atoms with E-state index in [2.05, 4.69) is 57.5 Å². The van der Waals surface area contributed by atoms with Gasteiger partial charge < -0.3 is 55.8 Å². The number of hydrogen-bond acceptors (Lipinski definition) is 11. The summed E-state index contributed by atoms with van der Waals surface area (Å²) in [6, 6.07) is -0.459. The highest BCUT2D eigenvalue weighted by Crippen LogP contribution is 2.35. The molecule has 6 unspecified atom stereocenters. The quantitative estimate of drug-likeness (QED) is 0.170. The van der Waals surface area contributed by atoms with Crippen molar-refractivity contribution in [2.45, 2.75) is 150 Å². The number of likely N-dealkylation sites (tertiary alicyclic amines) is 3. The number of carbonyl (C=O) groups is 3. The Kier molecular flexibility index (Phi) is 15.7. The third-order valence-corrected chi connectivity index (χ3v) is 12.3. The molecule has 6 aliphatic rings. The molecule has 0 radical (unpaired) electrons. The smallest absolute Gasteiger partial charge is 0.449 e. The molecule has 14 nitrogen and oxygen atoms in total. The molecule has 3 amide bonds. The summed E-state index contributed by atoms with van der Waals surface area (Å²) in [5, 5.41) is 56.6.